The molecule has 2 aliphatic rings. The van der Waals surface area contributed by atoms with E-state index in [2.05, 4.69) is 83.4 Å². The summed E-state index contributed by atoms with van der Waals surface area (Å²) in [4.78, 5) is 0. The summed E-state index contributed by atoms with van der Waals surface area (Å²) in [5.74, 6) is -1.30. The first kappa shape index (κ1) is 35.0. The molecule has 0 saturated heterocycles. The van der Waals surface area contributed by atoms with E-state index in [9.17, 15) is 8.78 Å². The fourth-order valence-corrected chi connectivity index (χ4v) is 6.77. The van der Waals surface area contributed by atoms with Gasteiger partial charge in [-0.25, -0.2) is 8.78 Å². The van der Waals surface area contributed by atoms with Crippen molar-refractivity contribution in [1.82, 2.24) is 0 Å². The fraction of sp³-hybridized carbons (Fsp3) is 0.706. The van der Waals surface area contributed by atoms with E-state index in [1.54, 1.807) is 14.0 Å². The molecular weight excluding hydrogens is 490 g/mol. The maximum atomic E-state index is 14.0. The zero-order valence-electron chi connectivity index (χ0n) is 26.8. The van der Waals surface area contributed by atoms with E-state index in [-0.39, 0.29) is 10.8 Å². The van der Waals surface area contributed by atoms with Crippen molar-refractivity contribution in [1.29, 1.82) is 0 Å². The first-order chi connectivity index (χ1) is 18.1. The normalized spacial score (nSPS) is 19.8. The smallest absolute Gasteiger partial charge is 0.271 e. The minimum Gasteiger partial charge on any atom is -0.496 e. The van der Waals surface area contributed by atoms with Gasteiger partial charge < -0.3 is 4.74 Å². The van der Waals surface area contributed by atoms with Crippen LogP contribution in [0.1, 0.15) is 125 Å². The van der Waals surface area contributed by atoms with Gasteiger partial charge in [0.25, 0.3) is 5.92 Å². The molecule has 1 unspecified atom stereocenters. The van der Waals surface area contributed by atoms with Crippen molar-refractivity contribution in [3.05, 3.63) is 42.0 Å². The Hall–Kier alpha value is -2.04. The van der Waals surface area contributed by atoms with Gasteiger partial charge in [-0.15, -0.1) is 0 Å². The van der Waals surface area contributed by atoms with Gasteiger partial charge in [0, 0.05) is 23.1 Å². The molecule has 3 rings (SSSR count). The van der Waals surface area contributed by atoms with Crippen LogP contribution in [0.3, 0.4) is 0 Å². The van der Waals surface area contributed by atoms with Crippen LogP contribution in [0.2, 0.25) is 0 Å². The molecule has 0 N–H and O–H groups in total. The molecule has 222 valence electrons. The minimum atomic E-state index is -2.78. The third kappa shape index (κ3) is 9.53. The molecule has 3 nitrogen and oxygen atoms in total. The van der Waals surface area contributed by atoms with Crippen LogP contribution >= 0.6 is 0 Å². The number of nitrogens with zero attached hydrogens (tertiary/aromatic N) is 2. The zero-order chi connectivity index (χ0) is 30.1. The van der Waals surface area contributed by atoms with Gasteiger partial charge in [0.1, 0.15) is 5.75 Å². The predicted octanol–water partition coefficient (Wildman–Crippen LogP) is 10.7. The third-order valence-corrected chi connectivity index (χ3v) is 7.96. The molecule has 0 spiro atoms. The molecule has 1 atom stereocenters. The lowest BCUT2D eigenvalue weighted by Crippen LogP contribution is -2.48. The van der Waals surface area contributed by atoms with Gasteiger partial charge in [-0.05, 0) is 66.6 Å². The first-order valence-electron chi connectivity index (χ1n) is 14.9. The summed E-state index contributed by atoms with van der Waals surface area (Å²) in [5, 5.41) is 8.80. The van der Waals surface area contributed by atoms with E-state index in [0.717, 1.165) is 42.4 Å². The Bertz CT molecular complexity index is 975. The van der Waals surface area contributed by atoms with Gasteiger partial charge >= 0.3 is 0 Å². The van der Waals surface area contributed by atoms with Crippen LogP contribution in [0, 0.1) is 22.2 Å². The number of allylic oxidation sites excluding steroid dienone is 1. The summed E-state index contributed by atoms with van der Waals surface area (Å²) >= 11 is 0. The van der Waals surface area contributed by atoms with Crippen molar-refractivity contribution in [2.45, 2.75) is 127 Å². The standard InChI is InChI=1S/C18H26N2O.C14H24F2.C2H6/c1-5-7-8-13(3)16-12-17(20-19-16)15-10-9-14(6-2)18(11-15)21-4;1-7-14(15,16)13(6)9-11(2,3)8-12(4,5)10-13;1-2/h9-11,13H,5-8,12H2,1-4H3;7H,1,8-10H2,2-6H3;1-2H3. The molecule has 0 radical (unpaired) electrons. The highest BCUT2D eigenvalue weighted by atomic mass is 19.3. The van der Waals surface area contributed by atoms with Crippen LogP contribution in [0.5, 0.6) is 5.75 Å². The second-order valence-electron chi connectivity index (χ2n) is 13.0. The van der Waals surface area contributed by atoms with Crippen LogP contribution in [0.25, 0.3) is 0 Å². The zero-order valence-corrected chi connectivity index (χ0v) is 26.8. The van der Waals surface area contributed by atoms with Crippen molar-refractivity contribution in [2.75, 3.05) is 7.11 Å². The number of rotatable bonds is 9. The fourth-order valence-electron chi connectivity index (χ4n) is 6.77. The van der Waals surface area contributed by atoms with E-state index < -0.39 is 11.3 Å². The van der Waals surface area contributed by atoms with E-state index in [4.69, 9.17) is 4.74 Å². The number of hydrogen-bond donors (Lipinski definition) is 0. The van der Waals surface area contributed by atoms with Crippen LogP contribution in [-0.2, 0) is 6.42 Å². The largest absolute Gasteiger partial charge is 0.496 e. The monoisotopic (exact) mass is 546 g/mol. The van der Waals surface area contributed by atoms with Crippen molar-refractivity contribution < 1.29 is 13.5 Å². The lowest BCUT2D eigenvalue weighted by atomic mass is 9.54. The van der Waals surface area contributed by atoms with Crippen LogP contribution < -0.4 is 4.74 Å². The summed E-state index contributed by atoms with van der Waals surface area (Å²) in [6.45, 7) is 24.0. The van der Waals surface area contributed by atoms with Gasteiger partial charge in [-0.1, -0.05) is 101 Å². The van der Waals surface area contributed by atoms with Crippen molar-refractivity contribution >= 4 is 11.4 Å². The number of methoxy groups -OCH3 is 1. The highest BCUT2D eigenvalue weighted by Crippen LogP contribution is 2.59. The molecule has 0 amide bonds. The van der Waals surface area contributed by atoms with Gasteiger partial charge in [-0.2, -0.15) is 10.2 Å². The molecule has 1 aromatic carbocycles. The molecule has 0 bridgehead atoms. The summed E-state index contributed by atoms with van der Waals surface area (Å²) in [6.07, 6.45) is 8.50. The Morgan fingerprint density at radius 1 is 1.03 bits per heavy atom. The third-order valence-electron chi connectivity index (χ3n) is 7.96. The number of hydrogen-bond acceptors (Lipinski definition) is 3. The molecular formula is C34H56F2N2O. The molecule has 1 aliphatic carbocycles. The molecule has 1 aromatic rings. The summed E-state index contributed by atoms with van der Waals surface area (Å²) in [6, 6.07) is 6.36. The number of halogens is 2. The van der Waals surface area contributed by atoms with Crippen molar-refractivity contribution in [3.63, 3.8) is 0 Å². The number of unbranched alkanes of at least 4 members (excludes halogenated alkanes) is 1. The van der Waals surface area contributed by atoms with Gasteiger partial charge in [0.2, 0.25) is 0 Å². The molecule has 0 aromatic heterocycles. The maximum Gasteiger partial charge on any atom is 0.271 e. The van der Waals surface area contributed by atoms with Crippen molar-refractivity contribution in [2.24, 2.45) is 32.4 Å². The second kappa shape index (κ2) is 14.6. The minimum absolute atomic E-state index is 0.0249. The second-order valence-corrected chi connectivity index (χ2v) is 13.0. The van der Waals surface area contributed by atoms with Crippen LogP contribution in [0.4, 0.5) is 8.78 Å². The van der Waals surface area contributed by atoms with E-state index >= 15 is 0 Å². The van der Waals surface area contributed by atoms with Gasteiger partial charge in [-0.3, -0.25) is 0 Å². The van der Waals surface area contributed by atoms with Crippen molar-refractivity contribution in [3.8, 4) is 5.75 Å². The summed E-state index contributed by atoms with van der Waals surface area (Å²) in [5.41, 5.74) is 3.64. The molecule has 5 heteroatoms. The topological polar surface area (TPSA) is 34.0 Å². The molecule has 1 saturated carbocycles. The Balaban J connectivity index is 0.000000379. The van der Waals surface area contributed by atoms with E-state index in [0.29, 0.717) is 18.8 Å². The molecule has 1 fully saturated rings. The maximum absolute atomic E-state index is 14.0. The Labute approximate surface area is 238 Å². The van der Waals surface area contributed by atoms with Gasteiger partial charge in [0.05, 0.1) is 12.8 Å². The molecule has 1 heterocycles. The Kier molecular flexibility index (Phi) is 13.1. The Morgan fingerprint density at radius 2 is 1.62 bits per heavy atom. The molecule has 39 heavy (non-hydrogen) atoms. The SMILES string of the molecule is C=CC(F)(F)C1(C)CC(C)(C)CC(C)(C)C1.CC.CCCCC(C)C1=NN=C(c2ccc(CC)c(OC)c2)C1. The van der Waals surface area contributed by atoms with E-state index in [1.165, 1.54) is 30.5 Å². The highest BCUT2D eigenvalue weighted by molar-refractivity contribution is 6.15. The average molecular weight is 547 g/mol. The average Bonchev–Trinajstić information content (AvgIpc) is 3.36. The quantitative estimate of drug-likeness (QED) is 0.284. The number of aryl methyl sites for hydroxylation is 1. The van der Waals surface area contributed by atoms with E-state index in [1.807, 2.05) is 13.8 Å². The summed E-state index contributed by atoms with van der Waals surface area (Å²) < 4.78 is 33.5. The number of benzene rings is 1. The number of alkyl halides is 2. The van der Waals surface area contributed by atoms with Crippen LogP contribution in [-0.4, -0.2) is 24.5 Å². The predicted molar refractivity (Wildman–Crippen MR) is 166 cm³/mol. The van der Waals surface area contributed by atoms with Gasteiger partial charge in [0.15, 0.2) is 0 Å². The lowest BCUT2D eigenvalue weighted by molar-refractivity contribution is -0.138. The Morgan fingerprint density at radius 3 is 2.10 bits per heavy atom. The number of ether oxygens (including phenoxy) is 1. The molecule has 1 aliphatic heterocycles. The lowest BCUT2D eigenvalue weighted by Gasteiger charge is -2.52. The first-order valence-corrected chi connectivity index (χ1v) is 14.9. The van der Waals surface area contributed by atoms with Crippen LogP contribution in [0.15, 0.2) is 41.1 Å². The summed E-state index contributed by atoms with van der Waals surface area (Å²) in [7, 11) is 1.73. The highest BCUT2D eigenvalue weighted by Gasteiger charge is 2.55.